The zero-order valence-electron chi connectivity index (χ0n) is 11.4. The molecule has 0 heterocycles. The van der Waals surface area contributed by atoms with Crippen molar-refractivity contribution in [3.05, 3.63) is 34.9 Å². The van der Waals surface area contributed by atoms with Crippen molar-refractivity contribution < 1.29 is 19.0 Å². The van der Waals surface area contributed by atoms with Crippen LogP contribution in [0.25, 0.3) is 0 Å². The summed E-state index contributed by atoms with van der Waals surface area (Å²) >= 11 is 6.15. The fourth-order valence-electron chi connectivity index (χ4n) is 1.68. The number of carbonyl (C=O) groups is 1. The third-order valence-corrected chi connectivity index (χ3v) is 2.95. The number of rotatable bonds is 7. The highest BCUT2D eigenvalue weighted by Crippen LogP contribution is 2.29. The molecule has 1 aromatic rings. The summed E-state index contributed by atoms with van der Waals surface area (Å²) in [5.41, 5.74) is 0.776. The number of benzene rings is 1. The second-order valence-corrected chi connectivity index (χ2v) is 4.47. The van der Waals surface area contributed by atoms with E-state index in [1.807, 2.05) is 18.2 Å². The largest absolute Gasteiger partial charge is 0.460 e. The molecule has 0 unspecified atom stereocenters. The Kier molecular flexibility index (Phi) is 6.84. The van der Waals surface area contributed by atoms with Gasteiger partial charge in [0.05, 0.1) is 0 Å². The summed E-state index contributed by atoms with van der Waals surface area (Å²) in [5, 5.41) is 0.572. The second-order valence-electron chi connectivity index (χ2n) is 4.06. The van der Waals surface area contributed by atoms with Gasteiger partial charge in [0.15, 0.2) is 0 Å². The van der Waals surface area contributed by atoms with Gasteiger partial charge in [-0.2, -0.15) is 0 Å². The van der Waals surface area contributed by atoms with E-state index in [0.29, 0.717) is 11.4 Å². The van der Waals surface area contributed by atoms with Crippen LogP contribution in [0, 0.1) is 0 Å². The third-order valence-electron chi connectivity index (χ3n) is 2.61. The van der Waals surface area contributed by atoms with Crippen molar-refractivity contribution in [1.82, 2.24) is 0 Å². The standard InChI is InChI=1S/C14H19ClO4/c1-4-13(16)19-10(2)14(18-9-17-3)11-7-5-6-8-12(11)15/h5-8,10,14H,4,9H2,1-3H3/t10-,14+/m1/s1. The molecule has 0 bridgehead atoms. The molecule has 5 heteroatoms. The topological polar surface area (TPSA) is 44.8 Å². The molecule has 0 aromatic heterocycles. The third kappa shape index (κ3) is 4.82. The molecule has 0 amide bonds. The van der Waals surface area contributed by atoms with E-state index in [0.717, 1.165) is 5.56 Å². The van der Waals surface area contributed by atoms with Crippen molar-refractivity contribution in [1.29, 1.82) is 0 Å². The molecule has 0 fully saturated rings. The van der Waals surface area contributed by atoms with E-state index < -0.39 is 12.2 Å². The fraction of sp³-hybridized carbons (Fsp3) is 0.500. The summed E-state index contributed by atoms with van der Waals surface area (Å²) in [5.74, 6) is -0.273. The number of carbonyl (C=O) groups excluding carboxylic acids is 1. The number of methoxy groups -OCH3 is 1. The molecular weight excluding hydrogens is 268 g/mol. The van der Waals surface area contributed by atoms with Crippen molar-refractivity contribution in [2.75, 3.05) is 13.9 Å². The summed E-state index contributed by atoms with van der Waals surface area (Å²) in [7, 11) is 1.53. The molecule has 0 radical (unpaired) electrons. The van der Waals surface area contributed by atoms with Gasteiger partial charge < -0.3 is 14.2 Å². The molecule has 0 aliphatic rings. The first-order valence-corrected chi connectivity index (χ1v) is 6.52. The number of hydrogen-bond donors (Lipinski definition) is 0. The van der Waals surface area contributed by atoms with Crippen LogP contribution >= 0.6 is 11.6 Å². The summed E-state index contributed by atoms with van der Waals surface area (Å²) in [4.78, 5) is 11.4. The van der Waals surface area contributed by atoms with Gasteiger partial charge >= 0.3 is 5.97 Å². The van der Waals surface area contributed by atoms with E-state index in [-0.39, 0.29) is 12.8 Å². The Bertz CT molecular complexity index is 408. The van der Waals surface area contributed by atoms with Gasteiger partial charge in [-0.05, 0) is 13.0 Å². The molecule has 2 atom stereocenters. The van der Waals surface area contributed by atoms with Gasteiger partial charge in [-0.15, -0.1) is 0 Å². The molecular formula is C14H19ClO4. The van der Waals surface area contributed by atoms with Gasteiger partial charge in [-0.3, -0.25) is 4.79 Å². The number of esters is 1. The zero-order chi connectivity index (χ0) is 14.3. The molecule has 106 valence electrons. The zero-order valence-corrected chi connectivity index (χ0v) is 12.1. The molecule has 1 aromatic carbocycles. The minimum atomic E-state index is -0.454. The van der Waals surface area contributed by atoms with E-state index in [1.54, 1.807) is 19.9 Å². The lowest BCUT2D eigenvalue weighted by Gasteiger charge is -2.25. The van der Waals surface area contributed by atoms with Crippen molar-refractivity contribution in [3.63, 3.8) is 0 Å². The van der Waals surface area contributed by atoms with E-state index >= 15 is 0 Å². The maximum atomic E-state index is 11.4. The predicted octanol–water partition coefficient (Wildman–Crippen LogP) is 3.34. The second kappa shape index (κ2) is 8.15. The molecule has 0 aliphatic carbocycles. The molecule has 0 saturated carbocycles. The average Bonchev–Trinajstić information content (AvgIpc) is 2.40. The van der Waals surface area contributed by atoms with Crippen LogP contribution in [0.2, 0.25) is 5.02 Å². The number of halogens is 1. The molecule has 19 heavy (non-hydrogen) atoms. The Morgan fingerprint density at radius 1 is 1.37 bits per heavy atom. The van der Waals surface area contributed by atoms with Crippen molar-refractivity contribution >= 4 is 17.6 Å². The van der Waals surface area contributed by atoms with Gasteiger partial charge in [-0.25, -0.2) is 0 Å². The van der Waals surface area contributed by atoms with Crippen LogP contribution in [-0.4, -0.2) is 26.0 Å². The van der Waals surface area contributed by atoms with Crippen LogP contribution in [0.5, 0.6) is 0 Å². The van der Waals surface area contributed by atoms with Gasteiger partial charge in [0.1, 0.15) is 19.0 Å². The minimum Gasteiger partial charge on any atom is -0.460 e. The summed E-state index contributed by atoms with van der Waals surface area (Å²) in [6, 6.07) is 7.31. The summed E-state index contributed by atoms with van der Waals surface area (Å²) in [6.45, 7) is 3.62. The van der Waals surface area contributed by atoms with E-state index in [1.165, 1.54) is 7.11 Å². The Labute approximate surface area is 118 Å². The van der Waals surface area contributed by atoms with Crippen LogP contribution in [0.15, 0.2) is 24.3 Å². The molecule has 0 spiro atoms. The molecule has 0 N–H and O–H groups in total. The monoisotopic (exact) mass is 286 g/mol. The van der Waals surface area contributed by atoms with Gasteiger partial charge in [0.25, 0.3) is 0 Å². The highest BCUT2D eigenvalue weighted by atomic mass is 35.5. The van der Waals surface area contributed by atoms with Crippen molar-refractivity contribution in [2.24, 2.45) is 0 Å². The molecule has 1 rings (SSSR count). The highest BCUT2D eigenvalue weighted by molar-refractivity contribution is 6.31. The quantitative estimate of drug-likeness (QED) is 0.570. The maximum Gasteiger partial charge on any atom is 0.305 e. The molecule has 4 nitrogen and oxygen atoms in total. The van der Waals surface area contributed by atoms with E-state index in [9.17, 15) is 4.79 Å². The lowest BCUT2D eigenvalue weighted by Crippen LogP contribution is -2.25. The first-order valence-electron chi connectivity index (χ1n) is 6.14. The molecule has 0 saturated heterocycles. The van der Waals surface area contributed by atoms with Crippen molar-refractivity contribution in [3.8, 4) is 0 Å². The van der Waals surface area contributed by atoms with Gasteiger partial charge in [-0.1, -0.05) is 36.7 Å². The lowest BCUT2D eigenvalue weighted by molar-refractivity contribution is -0.163. The minimum absolute atomic E-state index is 0.101. The SMILES string of the molecule is CCC(=O)O[C@H](C)[C@H](OCOC)c1ccccc1Cl. The van der Waals surface area contributed by atoms with Crippen LogP contribution in [-0.2, 0) is 19.0 Å². The fourth-order valence-corrected chi connectivity index (χ4v) is 1.92. The predicted molar refractivity (Wildman–Crippen MR) is 73.0 cm³/mol. The lowest BCUT2D eigenvalue weighted by atomic mass is 10.1. The van der Waals surface area contributed by atoms with E-state index in [2.05, 4.69) is 0 Å². The van der Waals surface area contributed by atoms with Crippen LogP contribution in [0.1, 0.15) is 31.9 Å². The van der Waals surface area contributed by atoms with E-state index in [4.69, 9.17) is 25.8 Å². The van der Waals surface area contributed by atoms with Gasteiger partial charge in [0.2, 0.25) is 0 Å². The van der Waals surface area contributed by atoms with Crippen LogP contribution < -0.4 is 0 Å². The smallest absolute Gasteiger partial charge is 0.305 e. The Balaban J connectivity index is 2.88. The first kappa shape index (κ1) is 16.0. The average molecular weight is 287 g/mol. The highest BCUT2D eigenvalue weighted by Gasteiger charge is 2.25. The van der Waals surface area contributed by atoms with Crippen LogP contribution in [0.3, 0.4) is 0 Å². The Morgan fingerprint density at radius 2 is 2.05 bits per heavy atom. The first-order chi connectivity index (χ1) is 9.10. The van der Waals surface area contributed by atoms with Crippen LogP contribution in [0.4, 0.5) is 0 Å². The Hall–Kier alpha value is -1.10. The maximum absolute atomic E-state index is 11.4. The Morgan fingerprint density at radius 3 is 2.63 bits per heavy atom. The summed E-state index contributed by atoms with van der Waals surface area (Å²) < 4.78 is 15.8. The van der Waals surface area contributed by atoms with Gasteiger partial charge in [0, 0.05) is 24.1 Å². The summed E-state index contributed by atoms with van der Waals surface area (Å²) in [6.07, 6.45) is -0.573. The number of hydrogen-bond acceptors (Lipinski definition) is 4. The number of ether oxygens (including phenoxy) is 3. The molecule has 0 aliphatic heterocycles. The normalized spacial score (nSPS) is 13.9. The van der Waals surface area contributed by atoms with Crippen molar-refractivity contribution in [2.45, 2.75) is 32.5 Å².